The van der Waals surface area contributed by atoms with Crippen molar-refractivity contribution in [1.29, 1.82) is 0 Å². The smallest absolute Gasteiger partial charge is 0.344 e. The topological polar surface area (TPSA) is 80.9 Å². The van der Waals surface area contributed by atoms with E-state index in [0.717, 1.165) is 10.7 Å². The summed E-state index contributed by atoms with van der Waals surface area (Å²) < 4.78 is 1.04. The number of aromatic nitrogens is 2. The molecular weight excluding hydrogens is 138 g/mol. The summed E-state index contributed by atoms with van der Waals surface area (Å²) in [6.07, 6.45) is 0. The Morgan fingerprint density at radius 2 is 2.40 bits per heavy atom. The highest BCUT2D eigenvalue weighted by molar-refractivity contribution is 5.13. The van der Waals surface area contributed by atoms with Crippen LogP contribution in [0.1, 0.15) is 0 Å². The van der Waals surface area contributed by atoms with E-state index in [0.29, 0.717) is 0 Å². The predicted molar refractivity (Wildman–Crippen MR) is 32.7 cm³/mol. The summed E-state index contributed by atoms with van der Waals surface area (Å²) >= 11 is 0. The summed E-state index contributed by atoms with van der Waals surface area (Å²) in [4.78, 5) is 19.9. The van der Waals surface area contributed by atoms with Crippen molar-refractivity contribution in [1.82, 2.24) is 9.78 Å². The van der Waals surface area contributed by atoms with Crippen LogP contribution in [0.3, 0.4) is 0 Å². The summed E-state index contributed by atoms with van der Waals surface area (Å²) in [5.74, 6) is -0.285. The molecule has 0 radical (unpaired) electrons. The zero-order valence-corrected chi connectivity index (χ0v) is 5.20. The fourth-order valence-corrected chi connectivity index (χ4v) is 0.567. The average Bonchev–Trinajstić information content (AvgIpc) is 2.13. The lowest BCUT2D eigenvalue weighted by Gasteiger charge is -1.85. The number of nitrogens with zero attached hydrogens (tertiary/aromatic N) is 2. The number of hydrogen-bond acceptors (Lipinski definition) is 3. The first-order valence-corrected chi connectivity index (χ1v) is 2.51. The standard InChI is InChI=1S/C4H5N3O3/c1-6-4(8)2-3(5-6)7(9)10/h2,5H,1H3. The number of hydrogen-bond donors (Lipinski definition) is 1. The quantitative estimate of drug-likeness (QED) is 0.429. The fraction of sp³-hybridized carbons (Fsp3) is 0.250. The number of aryl methyl sites for hydroxylation is 1. The molecule has 1 rings (SSSR count). The molecule has 0 spiro atoms. The molecule has 1 aromatic rings. The van der Waals surface area contributed by atoms with Crippen LogP contribution in [0.2, 0.25) is 0 Å². The lowest BCUT2D eigenvalue weighted by atomic mass is 10.6. The highest BCUT2D eigenvalue weighted by Crippen LogP contribution is 1.98. The van der Waals surface area contributed by atoms with E-state index in [1.165, 1.54) is 7.05 Å². The molecule has 6 heteroatoms. The van der Waals surface area contributed by atoms with E-state index in [4.69, 9.17) is 0 Å². The van der Waals surface area contributed by atoms with Gasteiger partial charge in [-0.15, -0.1) is 0 Å². The summed E-state index contributed by atoms with van der Waals surface area (Å²) in [6.45, 7) is 0. The molecule has 0 bridgehead atoms. The molecule has 0 atom stereocenters. The van der Waals surface area contributed by atoms with Gasteiger partial charge in [0.25, 0.3) is 5.56 Å². The fourth-order valence-electron chi connectivity index (χ4n) is 0.567. The van der Waals surface area contributed by atoms with Crippen LogP contribution >= 0.6 is 0 Å². The molecule has 10 heavy (non-hydrogen) atoms. The van der Waals surface area contributed by atoms with E-state index < -0.39 is 10.5 Å². The third-order valence-corrected chi connectivity index (χ3v) is 1.07. The van der Waals surface area contributed by atoms with Crippen molar-refractivity contribution in [2.45, 2.75) is 0 Å². The molecule has 1 aromatic heterocycles. The minimum absolute atomic E-state index is 0.285. The zero-order chi connectivity index (χ0) is 7.72. The van der Waals surface area contributed by atoms with Crippen molar-refractivity contribution in [2.24, 2.45) is 7.05 Å². The van der Waals surface area contributed by atoms with Crippen molar-refractivity contribution < 1.29 is 4.92 Å². The normalized spacial score (nSPS) is 9.70. The third kappa shape index (κ3) is 0.903. The molecular formula is C4H5N3O3. The minimum atomic E-state index is -0.651. The average molecular weight is 143 g/mol. The first-order chi connectivity index (χ1) is 4.61. The Labute approximate surface area is 55.2 Å². The molecule has 0 aliphatic heterocycles. The van der Waals surface area contributed by atoms with E-state index in [1.54, 1.807) is 0 Å². The van der Waals surface area contributed by atoms with E-state index >= 15 is 0 Å². The van der Waals surface area contributed by atoms with Crippen LogP contribution in [0.15, 0.2) is 10.9 Å². The highest BCUT2D eigenvalue weighted by atomic mass is 16.6. The van der Waals surface area contributed by atoms with Gasteiger partial charge in [0.2, 0.25) is 0 Å². The maximum absolute atomic E-state index is 10.6. The second kappa shape index (κ2) is 1.98. The number of H-pyrrole nitrogens is 1. The van der Waals surface area contributed by atoms with Gasteiger partial charge in [-0.25, -0.2) is 0 Å². The van der Waals surface area contributed by atoms with Crippen LogP contribution in [0, 0.1) is 10.1 Å². The predicted octanol–water partition coefficient (Wildman–Crippen LogP) is -0.378. The highest BCUT2D eigenvalue weighted by Gasteiger charge is 2.07. The Balaban J connectivity index is 3.23. The molecule has 1 N–H and O–H groups in total. The van der Waals surface area contributed by atoms with Gasteiger partial charge >= 0.3 is 5.82 Å². The Hall–Kier alpha value is -1.59. The van der Waals surface area contributed by atoms with Crippen molar-refractivity contribution in [3.8, 4) is 0 Å². The van der Waals surface area contributed by atoms with Crippen molar-refractivity contribution in [2.75, 3.05) is 0 Å². The van der Waals surface area contributed by atoms with Gasteiger partial charge in [-0.2, -0.15) is 9.78 Å². The van der Waals surface area contributed by atoms with Crippen LogP contribution in [-0.4, -0.2) is 14.7 Å². The third-order valence-electron chi connectivity index (χ3n) is 1.07. The molecule has 6 nitrogen and oxygen atoms in total. The summed E-state index contributed by atoms with van der Waals surface area (Å²) in [5.41, 5.74) is -0.410. The Morgan fingerprint density at radius 1 is 1.80 bits per heavy atom. The maximum atomic E-state index is 10.6. The van der Waals surface area contributed by atoms with Gasteiger partial charge in [0.05, 0.1) is 7.05 Å². The van der Waals surface area contributed by atoms with E-state index in [-0.39, 0.29) is 5.82 Å². The minimum Gasteiger partial charge on any atom is -0.358 e. The first kappa shape index (κ1) is 6.53. The molecule has 0 aromatic carbocycles. The molecule has 0 aliphatic carbocycles. The van der Waals surface area contributed by atoms with Crippen LogP contribution < -0.4 is 5.56 Å². The second-order valence-corrected chi connectivity index (χ2v) is 1.80. The van der Waals surface area contributed by atoms with Crippen LogP contribution in [0.4, 0.5) is 5.82 Å². The van der Waals surface area contributed by atoms with Gasteiger partial charge < -0.3 is 10.1 Å². The SMILES string of the molecule is Cn1[nH]c([N+](=O)[O-])cc1=O. The molecule has 0 aliphatic rings. The van der Waals surface area contributed by atoms with Gasteiger partial charge in [0, 0.05) is 0 Å². The Kier molecular flexibility index (Phi) is 1.29. The summed E-state index contributed by atoms with van der Waals surface area (Å²) in [7, 11) is 1.41. The van der Waals surface area contributed by atoms with Crippen molar-refractivity contribution in [3.05, 3.63) is 26.5 Å². The lowest BCUT2D eigenvalue weighted by Crippen LogP contribution is -2.09. The van der Waals surface area contributed by atoms with Crippen LogP contribution in [0.5, 0.6) is 0 Å². The molecule has 0 amide bonds. The zero-order valence-electron chi connectivity index (χ0n) is 5.20. The van der Waals surface area contributed by atoms with Gasteiger partial charge in [-0.1, -0.05) is 0 Å². The molecule has 0 unspecified atom stereocenters. The number of rotatable bonds is 1. The number of nitro groups is 1. The van der Waals surface area contributed by atoms with E-state index in [1.807, 2.05) is 0 Å². The Morgan fingerprint density at radius 3 is 2.60 bits per heavy atom. The van der Waals surface area contributed by atoms with Crippen molar-refractivity contribution >= 4 is 5.82 Å². The summed E-state index contributed by atoms with van der Waals surface area (Å²) in [6, 6.07) is 0.931. The van der Waals surface area contributed by atoms with Gasteiger partial charge in [-0.3, -0.25) is 4.79 Å². The molecule has 0 saturated heterocycles. The molecule has 54 valence electrons. The van der Waals surface area contributed by atoms with E-state index in [2.05, 4.69) is 5.10 Å². The monoisotopic (exact) mass is 143 g/mol. The maximum Gasteiger partial charge on any atom is 0.344 e. The van der Waals surface area contributed by atoms with E-state index in [9.17, 15) is 14.9 Å². The van der Waals surface area contributed by atoms with Crippen molar-refractivity contribution in [3.63, 3.8) is 0 Å². The number of aromatic amines is 1. The van der Waals surface area contributed by atoms with Gasteiger partial charge in [-0.05, 0) is 4.92 Å². The second-order valence-electron chi connectivity index (χ2n) is 1.80. The lowest BCUT2D eigenvalue weighted by molar-refractivity contribution is -0.389. The molecule has 1 heterocycles. The largest absolute Gasteiger partial charge is 0.358 e. The van der Waals surface area contributed by atoms with Crippen LogP contribution in [0.25, 0.3) is 0 Å². The molecule has 0 saturated carbocycles. The molecule has 0 fully saturated rings. The van der Waals surface area contributed by atoms with Crippen LogP contribution in [-0.2, 0) is 7.05 Å². The van der Waals surface area contributed by atoms with Gasteiger partial charge in [0.15, 0.2) is 0 Å². The Bertz CT molecular complexity index is 310. The van der Waals surface area contributed by atoms with Gasteiger partial charge in [0.1, 0.15) is 6.07 Å². The first-order valence-electron chi connectivity index (χ1n) is 2.51. The number of nitrogens with one attached hydrogen (secondary N) is 1. The summed E-state index contributed by atoms with van der Waals surface area (Å²) in [5, 5.41) is 12.2.